The molecule has 1 N–H and O–H groups in total. The van der Waals surface area contributed by atoms with Crippen molar-refractivity contribution in [1.82, 2.24) is 0 Å². The third-order valence-corrected chi connectivity index (χ3v) is 4.30. The van der Waals surface area contributed by atoms with Crippen LogP contribution in [0.25, 0.3) is 6.08 Å². The lowest BCUT2D eigenvalue weighted by Gasteiger charge is -2.17. The number of halogens is 1. The summed E-state index contributed by atoms with van der Waals surface area (Å²) < 4.78 is 17.3. The molecule has 6 nitrogen and oxygen atoms in total. The van der Waals surface area contributed by atoms with Crippen LogP contribution >= 0.6 is 15.9 Å². The van der Waals surface area contributed by atoms with E-state index in [2.05, 4.69) is 21.2 Å². The van der Waals surface area contributed by atoms with Gasteiger partial charge in [-0.25, -0.2) is 0 Å². The average molecular weight is 459 g/mol. The van der Waals surface area contributed by atoms with E-state index in [4.69, 9.17) is 14.2 Å². The minimum atomic E-state index is -0.505. The monoisotopic (exact) mass is 458 g/mol. The van der Waals surface area contributed by atoms with Gasteiger partial charge in [0.05, 0.1) is 24.3 Å². The number of hydrogen-bond donors (Lipinski definition) is 1. The number of amides is 1. The second kappa shape index (κ2) is 10.5. The van der Waals surface area contributed by atoms with E-state index in [0.29, 0.717) is 39.6 Å². The molecule has 2 rings (SSSR count). The summed E-state index contributed by atoms with van der Waals surface area (Å²) in [5, 5.41) is 12.2. The summed E-state index contributed by atoms with van der Waals surface area (Å²) in [4.78, 5) is 12.5. The number of hydrogen-bond acceptors (Lipinski definition) is 5. The van der Waals surface area contributed by atoms with Crippen molar-refractivity contribution in [2.24, 2.45) is 0 Å². The van der Waals surface area contributed by atoms with Crippen molar-refractivity contribution in [2.45, 2.75) is 26.9 Å². The topological polar surface area (TPSA) is 80.6 Å². The first kappa shape index (κ1) is 22.3. The molecule has 2 aromatic rings. The predicted octanol–water partition coefficient (Wildman–Crippen LogP) is 5.19. The molecule has 0 atom stereocenters. The van der Waals surface area contributed by atoms with Crippen molar-refractivity contribution in [2.75, 3.05) is 19.0 Å². The minimum Gasteiger partial charge on any atom is -0.497 e. The van der Waals surface area contributed by atoms with Crippen molar-refractivity contribution in [3.63, 3.8) is 0 Å². The molecule has 1 amide bonds. The zero-order valence-corrected chi connectivity index (χ0v) is 18.4. The Hall–Kier alpha value is -2.98. The van der Waals surface area contributed by atoms with Crippen LogP contribution in [0.4, 0.5) is 5.69 Å². The third kappa shape index (κ3) is 6.26. The van der Waals surface area contributed by atoms with Crippen molar-refractivity contribution >= 4 is 33.6 Å². The van der Waals surface area contributed by atoms with Gasteiger partial charge in [0, 0.05) is 5.69 Å². The molecule has 0 aliphatic carbocycles. The Kier molecular flexibility index (Phi) is 8.10. The van der Waals surface area contributed by atoms with Gasteiger partial charge in [-0.05, 0) is 84.7 Å². The van der Waals surface area contributed by atoms with Crippen LogP contribution in [0.2, 0.25) is 0 Å². The normalized spacial score (nSPS) is 11.0. The highest BCUT2D eigenvalue weighted by Crippen LogP contribution is 2.38. The van der Waals surface area contributed by atoms with E-state index < -0.39 is 5.91 Å². The largest absolute Gasteiger partial charge is 0.497 e. The molecule has 0 radical (unpaired) electrons. The summed E-state index contributed by atoms with van der Waals surface area (Å²) in [7, 11) is 1.57. The van der Waals surface area contributed by atoms with Gasteiger partial charge in [0.2, 0.25) is 0 Å². The highest BCUT2D eigenvalue weighted by atomic mass is 79.9. The maximum atomic E-state index is 12.5. The lowest BCUT2D eigenvalue weighted by atomic mass is 10.1. The zero-order chi connectivity index (χ0) is 21.4. The van der Waals surface area contributed by atoms with Gasteiger partial charge in [-0.1, -0.05) is 0 Å². The van der Waals surface area contributed by atoms with E-state index in [1.54, 1.807) is 43.5 Å². The van der Waals surface area contributed by atoms with Crippen LogP contribution in [-0.2, 0) is 4.79 Å². The van der Waals surface area contributed by atoms with Crippen LogP contribution in [0, 0.1) is 11.3 Å². The third-order valence-electron chi connectivity index (χ3n) is 3.71. The van der Waals surface area contributed by atoms with E-state index in [-0.39, 0.29) is 11.7 Å². The molecule has 29 heavy (non-hydrogen) atoms. The fraction of sp³-hybridized carbons (Fsp3) is 0.273. The van der Waals surface area contributed by atoms with E-state index in [1.807, 2.05) is 26.8 Å². The molecule has 0 bridgehead atoms. The Labute approximate surface area is 179 Å². The summed E-state index contributed by atoms with van der Waals surface area (Å²) in [6.45, 7) is 6.18. The van der Waals surface area contributed by atoms with E-state index >= 15 is 0 Å². The number of nitriles is 1. The number of nitrogens with one attached hydrogen (secondary N) is 1. The second-order valence-corrected chi connectivity index (χ2v) is 7.14. The highest BCUT2D eigenvalue weighted by Gasteiger charge is 2.15. The summed E-state index contributed by atoms with van der Waals surface area (Å²) in [6.07, 6.45) is 1.47. The van der Waals surface area contributed by atoms with Crippen LogP contribution in [-0.4, -0.2) is 25.7 Å². The molecule has 0 aromatic heterocycles. The predicted molar refractivity (Wildman–Crippen MR) is 116 cm³/mol. The molecule has 0 saturated heterocycles. The van der Waals surface area contributed by atoms with E-state index in [9.17, 15) is 10.1 Å². The molecule has 2 aromatic carbocycles. The number of nitrogens with zero attached hydrogens (tertiary/aromatic N) is 1. The number of benzene rings is 2. The van der Waals surface area contributed by atoms with Crippen molar-refractivity contribution in [3.8, 4) is 23.3 Å². The van der Waals surface area contributed by atoms with Gasteiger partial charge >= 0.3 is 0 Å². The summed E-state index contributed by atoms with van der Waals surface area (Å²) in [6, 6.07) is 12.3. The molecule has 7 heteroatoms. The highest BCUT2D eigenvalue weighted by molar-refractivity contribution is 9.10. The number of anilines is 1. The maximum Gasteiger partial charge on any atom is 0.266 e. The van der Waals surface area contributed by atoms with Gasteiger partial charge in [-0.3, -0.25) is 4.79 Å². The first-order valence-electron chi connectivity index (χ1n) is 9.08. The summed E-state index contributed by atoms with van der Waals surface area (Å²) >= 11 is 3.48. The fourth-order valence-electron chi connectivity index (χ4n) is 2.47. The first-order chi connectivity index (χ1) is 13.9. The molecular weight excluding hydrogens is 436 g/mol. The molecule has 0 aliphatic heterocycles. The Morgan fingerprint density at radius 1 is 1.28 bits per heavy atom. The molecule has 0 heterocycles. The van der Waals surface area contributed by atoms with Gasteiger partial charge < -0.3 is 19.5 Å². The van der Waals surface area contributed by atoms with Gasteiger partial charge in [-0.2, -0.15) is 5.26 Å². The van der Waals surface area contributed by atoms with Gasteiger partial charge in [0.25, 0.3) is 5.91 Å². The lowest BCUT2D eigenvalue weighted by Crippen LogP contribution is -2.13. The quantitative estimate of drug-likeness (QED) is 0.434. The number of rotatable bonds is 8. The van der Waals surface area contributed by atoms with Crippen molar-refractivity contribution in [1.29, 1.82) is 5.26 Å². The smallest absolute Gasteiger partial charge is 0.266 e. The molecule has 0 unspecified atom stereocenters. The maximum absolute atomic E-state index is 12.5. The van der Waals surface area contributed by atoms with Crippen molar-refractivity contribution in [3.05, 3.63) is 52.0 Å². The van der Waals surface area contributed by atoms with E-state index in [0.717, 1.165) is 0 Å². The molecule has 0 aliphatic rings. The molecule has 0 fully saturated rings. The van der Waals surface area contributed by atoms with Crippen LogP contribution in [0.3, 0.4) is 0 Å². The van der Waals surface area contributed by atoms with Crippen molar-refractivity contribution < 1.29 is 19.0 Å². The number of carbonyl (C=O) groups excluding carboxylic acids is 1. The lowest BCUT2D eigenvalue weighted by molar-refractivity contribution is -0.112. The van der Waals surface area contributed by atoms with Crippen LogP contribution in [0.15, 0.2) is 46.4 Å². The van der Waals surface area contributed by atoms with Gasteiger partial charge in [-0.15, -0.1) is 0 Å². The first-order valence-corrected chi connectivity index (χ1v) is 9.87. The summed E-state index contributed by atoms with van der Waals surface area (Å²) in [5.41, 5.74) is 1.17. The molecule has 152 valence electrons. The Morgan fingerprint density at radius 3 is 2.52 bits per heavy atom. The standard InChI is InChI=1S/C22H23BrN2O4/c1-5-28-20-12-15(11-19(23)21(20)29-14(2)3)10-16(13-24)22(26)25-17-6-8-18(27-4)9-7-17/h6-12,14H,5H2,1-4H3,(H,25,26)/b16-10+. The van der Waals surface area contributed by atoms with Crippen LogP contribution in [0.1, 0.15) is 26.3 Å². The number of methoxy groups -OCH3 is 1. The minimum absolute atomic E-state index is 0.0307. The number of ether oxygens (including phenoxy) is 3. The summed E-state index contributed by atoms with van der Waals surface area (Å²) in [5.74, 6) is 1.29. The molecule has 0 spiro atoms. The SMILES string of the molecule is CCOc1cc(/C=C(\C#N)C(=O)Nc2ccc(OC)cc2)cc(Br)c1OC(C)C. The van der Waals surface area contributed by atoms with Gasteiger partial charge in [0.15, 0.2) is 11.5 Å². The Balaban J connectivity index is 2.30. The Morgan fingerprint density at radius 2 is 1.97 bits per heavy atom. The van der Waals surface area contributed by atoms with Gasteiger partial charge in [0.1, 0.15) is 17.4 Å². The zero-order valence-electron chi connectivity index (χ0n) is 16.8. The van der Waals surface area contributed by atoms with Crippen LogP contribution < -0.4 is 19.5 Å². The fourth-order valence-corrected chi connectivity index (χ4v) is 3.03. The molecular formula is C22H23BrN2O4. The van der Waals surface area contributed by atoms with E-state index in [1.165, 1.54) is 6.08 Å². The van der Waals surface area contributed by atoms with Crippen LogP contribution in [0.5, 0.6) is 17.2 Å². The molecule has 0 saturated carbocycles. The number of carbonyl (C=O) groups is 1. The second-order valence-electron chi connectivity index (χ2n) is 6.28. The Bertz CT molecular complexity index is 931. The average Bonchev–Trinajstić information content (AvgIpc) is 2.69.